The molecule has 1 spiro atoms. The molecule has 1 saturated carbocycles. The van der Waals surface area contributed by atoms with Gasteiger partial charge in [0, 0.05) is 35.3 Å². The molecule has 1 aromatic heterocycles. The van der Waals surface area contributed by atoms with Gasteiger partial charge in [0.2, 0.25) is 0 Å². The number of hydrogen-bond donors (Lipinski definition) is 2. The van der Waals surface area contributed by atoms with Gasteiger partial charge in [-0.05, 0) is 84.8 Å². The number of phenols is 1. The smallest absolute Gasteiger partial charge is 0.166 e. The molecule has 0 unspecified atom stereocenters. The summed E-state index contributed by atoms with van der Waals surface area (Å²) in [5.41, 5.74) is 5.11. The molecule has 2 fully saturated rings. The Labute approximate surface area is 228 Å². The summed E-state index contributed by atoms with van der Waals surface area (Å²) in [6.07, 6.45) is 6.51. The Morgan fingerprint density at radius 2 is 1.92 bits per heavy atom. The highest BCUT2D eigenvalue weighted by atomic mass is 16.5. The minimum absolute atomic E-state index is 0.0389. The lowest BCUT2D eigenvalue weighted by Crippen LogP contribution is -2.74. The molecule has 4 atom stereocenters. The summed E-state index contributed by atoms with van der Waals surface area (Å²) in [4.78, 5) is 7.99. The summed E-state index contributed by atoms with van der Waals surface area (Å²) >= 11 is 0. The minimum atomic E-state index is -0.970. The number of hydrogen-bond acceptors (Lipinski definition) is 5. The van der Waals surface area contributed by atoms with Crippen molar-refractivity contribution >= 4 is 21.7 Å². The lowest BCUT2D eigenvalue weighted by atomic mass is 9.49. The third kappa shape index (κ3) is 2.75. The predicted octanol–water partition coefficient (Wildman–Crippen LogP) is 5.75. The van der Waals surface area contributed by atoms with Gasteiger partial charge in [0.15, 0.2) is 17.6 Å². The first-order valence-electron chi connectivity index (χ1n) is 14.8. The van der Waals surface area contributed by atoms with E-state index in [1.165, 1.54) is 34.7 Å². The number of aliphatic hydroxyl groups is 1. The van der Waals surface area contributed by atoms with Crippen LogP contribution in [-0.4, -0.2) is 44.8 Å². The van der Waals surface area contributed by atoms with E-state index >= 15 is 0 Å². The Kier molecular flexibility index (Phi) is 4.37. The Morgan fingerprint density at radius 1 is 1.08 bits per heavy atom. The monoisotopic (exact) mass is 518 g/mol. The maximum absolute atomic E-state index is 13.0. The molecule has 3 aliphatic carbocycles. The fourth-order valence-corrected chi connectivity index (χ4v) is 8.94. The molecule has 4 aromatic rings. The average molecular weight is 519 g/mol. The van der Waals surface area contributed by atoms with Crippen LogP contribution in [0.3, 0.4) is 0 Å². The number of fused-ring (bicyclic) bond motifs is 5. The van der Waals surface area contributed by atoms with Crippen molar-refractivity contribution in [2.24, 2.45) is 5.92 Å². The first kappa shape index (κ1) is 22.6. The molecule has 9 rings (SSSR count). The highest BCUT2D eigenvalue weighted by Crippen LogP contribution is 2.68. The lowest BCUT2D eigenvalue weighted by Gasteiger charge is -2.63. The zero-order valence-electron chi connectivity index (χ0n) is 22.4. The van der Waals surface area contributed by atoms with Crippen LogP contribution in [-0.2, 0) is 24.7 Å². The van der Waals surface area contributed by atoms with Gasteiger partial charge in [0.1, 0.15) is 0 Å². The summed E-state index contributed by atoms with van der Waals surface area (Å²) in [6.45, 7) is 4.25. The van der Waals surface area contributed by atoms with Crippen LogP contribution in [0.1, 0.15) is 66.7 Å². The Morgan fingerprint density at radius 3 is 2.74 bits per heavy atom. The molecule has 3 aromatic carbocycles. The van der Waals surface area contributed by atoms with Crippen LogP contribution in [0.4, 0.5) is 0 Å². The number of rotatable bonds is 4. The highest BCUT2D eigenvalue weighted by Gasteiger charge is 2.72. The van der Waals surface area contributed by atoms with E-state index in [1.54, 1.807) is 6.07 Å². The van der Waals surface area contributed by atoms with Crippen molar-refractivity contribution in [3.8, 4) is 11.5 Å². The van der Waals surface area contributed by atoms with E-state index in [-0.39, 0.29) is 11.8 Å². The molecule has 2 bridgehead atoms. The summed E-state index contributed by atoms with van der Waals surface area (Å²) in [5, 5.41) is 27.6. The van der Waals surface area contributed by atoms with Crippen molar-refractivity contribution in [2.75, 3.05) is 13.1 Å². The van der Waals surface area contributed by atoms with Gasteiger partial charge < -0.3 is 14.9 Å². The third-order valence-electron chi connectivity index (χ3n) is 10.8. The molecule has 3 heterocycles. The van der Waals surface area contributed by atoms with Gasteiger partial charge in [-0.1, -0.05) is 43.7 Å². The van der Waals surface area contributed by atoms with E-state index in [2.05, 4.69) is 54.3 Å². The Hall–Kier alpha value is -3.15. The Balaban J connectivity index is 1.31. The van der Waals surface area contributed by atoms with Crippen LogP contribution in [0.25, 0.3) is 21.7 Å². The van der Waals surface area contributed by atoms with E-state index in [1.807, 2.05) is 0 Å². The number of aromatic nitrogens is 1. The summed E-state index contributed by atoms with van der Waals surface area (Å²) in [6, 6.07) is 17.1. The number of aryl methyl sites for hydroxylation is 1. The van der Waals surface area contributed by atoms with E-state index in [4.69, 9.17) is 9.72 Å². The molecular formula is C34H34N2O3. The highest BCUT2D eigenvalue weighted by molar-refractivity contribution is 6.07. The fraction of sp³-hybridized carbons (Fsp3) is 0.441. The van der Waals surface area contributed by atoms with Gasteiger partial charge in [0.05, 0.1) is 22.2 Å². The quantitative estimate of drug-likeness (QED) is 0.337. The first-order chi connectivity index (χ1) is 19.0. The van der Waals surface area contributed by atoms with Crippen molar-refractivity contribution in [1.29, 1.82) is 0 Å². The second-order valence-electron chi connectivity index (χ2n) is 12.9. The van der Waals surface area contributed by atoms with E-state index in [0.29, 0.717) is 12.2 Å². The van der Waals surface area contributed by atoms with Gasteiger partial charge in [-0.2, -0.15) is 0 Å². The van der Waals surface area contributed by atoms with Crippen molar-refractivity contribution in [3.63, 3.8) is 0 Å². The average Bonchev–Trinajstić information content (AvgIpc) is 3.68. The normalized spacial score (nSPS) is 30.3. The molecule has 198 valence electrons. The standard InChI is InChI=1S/C34H34N2O3/c1-2-5-20-14-22-15-23-17-34(38)27-16-21-10-11-26(37)31-28(21)33(34,12-13-36(27)18-19-8-9-19)32(39-31)30(23)35-29(22)25-7-4-3-6-24(20)25/h3-4,6-7,10-11,14-15,19,27,32,37-38H,2,5,8-9,12-13,16-18H2,1H3/t27-,32+,33+,34-/m1/s1. The third-order valence-corrected chi connectivity index (χ3v) is 10.8. The van der Waals surface area contributed by atoms with Crippen LogP contribution in [0.2, 0.25) is 0 Å². The predicted molar refractivity (Wildman–Crippen MR) is 151 cm³/mol. The van der Waals surface area contributed by atoms with E-state index in [9.17, 15) is 10.2 Å². The fourth-order valence-electron chi connectivity index (χ4n) is 8.94. The van der Waals surface area contributed by atoms with Gasteiger partial charge in [-0.15, -0.1) is 0 Å². The lowest BCUT2D eigenvalue weighted by molar-refractivity contribution is -0.173. The molecule has 5 aliphatic rings. The number of aromatic hydroxyl groups is 1. The zero-order chi connectivity index (χ0) is 26.1. The molecule has 1 saturated heterocycles. The largest absolute Gasteiger partial charge is 0.504 e. The van der Waals surface area contributed by atoms with Crippen molar-refractivity contribution in [1.82, 2.24) is 9.88 Å². The van der Waals surface area contributed by atoms with E-state index < -0.39 is 17.1 Å². The second-order valence-corrected chi connectivity index (χ2v) is 12.9. The molecular weight excluding hydrogens is 484 g/mol. The molecule has 2 aliphatic heterocycles. The maximum Gasteiger partial charge on any atom is 0.166 e. The van der Waals surface area contributed by atoms with Crippen molar-refractivity contribution < 1.29 is 14.9 Å². The van der Waals surface area contributed by atoms with Crippen molar-refractivity contribution in [2.45, 2.75) is 75.0 Å². The molecule has 5 heteroatoms. The number of likely N-dealkylation sites (tertiary alicyclic amines) is 1. The topological polar surface area (TPSA) is 65.8 Å². The maximum atomic E-state index is 13.0. The molecule has 0 radical (unpaired) electrons. The number of piperidine rings is 1. The SMILES string of the molecule is CCCc1cc2cc3c(nc2c2ccccc12)[C@@H]1Oc2c(O)ccc4c2[C@@]12CCN(CC1CC1)[C@H](C4)[C@]2(O)C3. The molecule has 0 amide bonds. The van der Waals surface area contributed by atoms with Crippen LogP contribution in [0.15, 0.2) is 48.5 Å². The van der Waals surface area contributed by atoms with Gasteiger partial charge >= 0.3 is 0 Å². The number of phenolic OH excluding ortho intramolecular Hbond substituents is 1. The van der Waals surface area contributed by atoms with Gasteiger partial charge in [-0.3, -0.25) is 4.90 Å². The summed E-state index contributed by atoms with van der Waals surface area (Å²) in [5.74, 6) is 1.51. The number of nitrogens with zero attached hydrogens (tertiary/aromatic N) is 2. The molecule has 39 heavy (non-hydrogen) atoms. The zero-order valence-corrected chi connectivity index (χ0v) is 22.4. The van der Waals surface area contributed by atoms with E-state index in [0.717, 1.165) is 72.4 Å². The molecule has 5 nitrogen and oxygen atoms in total. The van der Waals surface area contributed by atoms with Gasteiger partial charge in [0.25, 0.3) is 0 Å². The van der Waals surface area contributed by atoms with Crippen LogP contribution in [0, 0.1) is 5.92 Å². The first-order valence-corrected chi connectivity index (χ1v) is 14.8. The minimum Gasteiger partial charge on any atom is -0.504 e. The second kappa shape index (κ2) is 7.52. The van der Waals surface area contributed by atoms with Gasteiger partial charge in [-0.25, -0.2) is 4.98 Å². The number of benzene rings is 3. The van der Waals surface area contributed by atoms with Crippen LogP contribution < -0.4 is 4.74 Å². The van der Waals surface area contributed by atoms with Crippen LogP contribution in [0.5, 0.6) is 11.5 Å². The van der Waals surface area contributed by atoms with Crippen molar-refractivity contribution in [3.05, 3.63) is 76.5 Å². The summed E-state index contributed by atoms with van der Waals surface area (Å²) in [7, 11) is 0. The Bertz CT molecular complexity index is 1710. The number of pyridine rings is 1. The van der Waals surface area contributed by atoms with Crippen LogP contribution >= 0.6 is 0 Å². The molecule has 2 N–H and O–H groups in total. The summed E-state index contributed by atoms with van der Waals surface area (Å²) < 4.78 is 6.76. The number of ether oxygens (including phenoxy) is 1.